The molecule has 0 bridgehead atoms. The number of carboxylic acid groups (broad SMARTS) is 1. The number of rotatable bonds is 8. The van der Waals surface area contributed by atoms with Crippen LogP contribution < -0.4 is 10.1 Å². The molecule has 2 N–H and O–H groups in total. The fourth-order valence-electron chi connectivity index (χ4n) is 3.03. The number of ether oxygens (including phenoxy) is 1. The standard InChI is InChI=1S/C19H24N2O7S/c1-5-6-15(21-17(24)19(2,3)20-18(21)25)14(16(22)23)11-29(26,27)13-9-7-12(28-4)8-10-13/h7-11,15H,5-6H2,1-4H3,(H,20,25)(H,22,23). The zero-order chi connectivity index (χ0) is 22.0. The van der Waals surface area contributed by atoms with Crippen LogP contribution >= 0.6 is 0 Å². The van der Waals surface area contributed by atoms with E-state index < -0.39 is 44.9 Å². The zero-order valence-electron chi connectivity index (χ0n) is 16.6. The Labute approximate surface area is 169 Å². The molecule has 3 amide bonds. The van der Waals surface area contributed by atoms with Crippen LogP contribution in [0.5, 0.6) is 5.75 Å². The van der Waals surface area contributed by atoms with Crippen LogP contribution in [-0.2, 0) is 19.4 Å². The third-order valence-electron chi connectivity index (χ3n) is 4.54. The first kappa shape index (κ1) is 22.4. The summed E-state index contributed by atoms with van der Waals surface area (Å²) in [5.74, 6) is -1.70. The summed E-state index contributed by atoms with van der Waals surface area (Å²) in [7, 11) is -2.72. The molecular formula is C19H24N2O7S. The molecule has 2 rings (SSSR count). The van der Waals surface area contributed by atoms with Crippen LogP contribution in [0.15, 0.2) is 40.1 Å². The summed E-state index contributed by atoms with van der Waals surface area (Å²) < 4.78 is 30.5. The van der Waals surface area contributed by atoms with E-state index >= 15 is 0 Å². The van der Waals surface area contributed by atoms with Crippen molar-refractivity contribution in [2.75, 3.05) is 7.11 Å². The van der Waals surface area contributed by atoms with Crippen molar-refractivity contribution in [3.63, 3.8) is 0 Å². The summed E-state index contributed by atoms with van der Waals surface area (Å²) in [5.41, 5.74) is -1.76. The Morgan fingerprint density at radius 2 is 1.86 bits per heavy atom. The van der Waals surface area contributed by atoms with Crippen molar-refractivity contribution in [2.45, 2.75) is 50.1 Å². The van der Waals surface area contributed by atoms with E-state index in [9.17, 15) is 27.9 Å². The number of hydrogen-bond donors (Lipinski definition) is 2. The largest absolute Gasteiger partial charge is 0.497 e. The zero-order valence-corrected chi connectivity index (χ0v) is 17.4. The first-order chi connectivity index (χ1) is 13.4. The molecule has 0 aromatic heterocycles. The van der Waals surface area contributed by atoms with Crippen molar-refractivity contribution in [2.24, 2.45) is 0 Å². The topological polar surface area (TPSA) is 130 Å². The van der Waals surface area contributed by atoms with E-state index in [4.69, 9.17) is 4.74 Å². The van der Waals surface area contributed by atoms with Crippen LogP contribution in [0.4, 0.5) is 4.79 Å². The van der Waals surface area contributed by atoms with Gasteiger partial charge in [-0.3, -0.25) is 9.69 Å². The third-order valence-corrected chi connectivity index (χ3v) is 6.03. The minimum absolute atomic E-state index is 0.103. The predicted octanol–water partition coefficient (Wildman–Crippen LogP) is 1.94. The maximum Gasteiger partial charge on any atom is 0.334 e. The molecule has 29 heavy (non-hydrogen) atoms. The molecule has 0 spiro atoms. The first-order valence-corrected chi connectivity index (χ1v) is 10.5. The number of carbonyl (C=O) groups excluding carboxylic acids is 2. The molecule has 1 atom stereocenters. The average molecular weight is 424 g/mol. The summed E-state index contributed by atoms with van der Waals surface area (Å²) in [6.07, 6.45) is 0.529. The maximum absolute atomic E-state index is 12.8. The van der Waals surface area contributed by atoms with Crippen molar-refractivity contribution in [3.8, 4) is 5.75 Å². The van der Waals surface area contributed by atoms with Gasteiger partial charge >= 0.3 is 12.0 Å². The molecule has 158 valence electrons. The normalized spacial score (nSPS) is 17.8. The molecule has 1 unspecified atom stereocenters. The highest BCUT2D eigenvalue weighted by Gasteiger charge is 2.48. The maximum atomic E-state index is 12.8. The molecule has 1 fully saturated rings. The van der Waals surface area contributed by atoms with Gasteiger partial charge in [0, 0.05) is 5.41 Å². The van der Waals surface area contributed by atoms with Gasteiger partial charge in [-0.05, 0) is 44.5 Å². The minimum Gasteiger partial charge on any atom is -0.497 e. The number of amides is 3. The van der Waals surface area contributed by atoms with Crippen LogP contribution in [0.2, 0.25) is 0 Å². The number of aliphatic carboxylic acids is 1. The highest BCUT2D eigenvalue weighted by molar-refractivity contribution is 7.94. The second-order valence-corrected chi connectivity index (χ2v) is 8.93. The Morgan fingerprint density at radius 1 is 1.28 bits per heavy atom. The average Bonchev–Trinajstić information content (AvgIpc) is 2.85. The molecule has 0 radical (unpaired) electrons. The fourth-order valence-corrected chi connectivity index (χ4v) is 4.27. The van der Waals surface area contributed by atoms with Gasteiger partial charge in [0.15, 0.2) is 9.84 Å². The molecule has 1 aromatic carbocycles. The SMILES string of the molecule is CCCC(C(=CS(=O)(=O)c1ccc(OC)cc1)C(=O)O)N1C(=O)NC(C)(C)C1=O. The van der Waals surface area contributed by atoms with Gasteiger partial charge in [0.05, 0.1) is 23.6 Å². The lowest BCUT2D eigenvalue weighted by Gasteiger charge is -2.26. The van der Waals surface area contributed by atoms with Gasteiger partial charge in [0.1, 0.15) is 11.3 Å². The summed E-state index contributed by atoms with van der Waals surface area (Å²) >= 11 is 0. The van der Waals surface area contributed by atoms with Gasteiger partial charge in [0.25, 0.3) is 5.91 Å². The van der Waals surface area contributed by atoms with Crippen molar-refractivity contribution in [1.29, 1.82) is 0 Å². The molecule has 9 nitrogen and oxygen atoms in total. The van der Waals surface area contributed by atoms with Crippen molar-refractivity contribution in [3.05, 3.63) is 35.2 Å². The number of imide groups is 1. The van der Waals surface area contributed by atoms with Crippen LogP contribution in [0.1, 0.15) is 33.6 Å². The quantitative estimate of drug-likeness (QED) is 0.482. The molecular weight excluding hydrogens is 400 g/mol. The van der Waals surface area contributed by atoms with Crippen LogP contribution in [-0.4, -0.2) is 55.0 Å². The molecule has 1 aliphatic heterocycles. The Morgan fingerprint density at radius 3 is 2.28 bits per heavy atom. The Balaban J connectivity index is 2.54. The summed E-state index contributed by atoms with van der Waals surface area (Å²) in [5, 5.41) is 12.8. The van der Waals surface area contributed by atoms with Gasteiger partial charge < -0.3 is 15.2 Å². The summed E-state index contributed by atoms with van der Waals surface area (Å²) in [6, 6.07) is 3.47. The first-order valence-electron chi connectivity index (χ1n) is 8.94. The Bertz CT molecular complexity index is 949. The van der Waals surface area contributed by atoms with E-state index in [1.807, 2.05) is 0 Å². The highest BCUT2D eigenvalue weighted by Crippen LogP contribution is 2.27. The fraction of sp³-hybridized carbons (Fsp3) is 0.421. The lowest BCUT2D eigenvalue weighted by atomic mass is 10.00. The van der Waals surface area contributed by atoms with Gasteiger partial charge in [0.2, 0.25) is 0 Å². The van der Waals surface area contributed by atoms with Gasteiger partial charge in [-0.1, -0.05) is 13.3 Å². The Hall–Kier alpha value is -2.88. The van der Waals surface area contributed by atoms with E-state index in [-0.39, 0.29) is 11.3 Å². The number of carboxylic acids is 1. The van der Waals surface area contributed by atoms with Crippen molar-refractivity contribution < 1.29 is 32.6 Å². The summed E-state index contributed by atoms with van der Waals surface area (Å²) in [6.45, 7) is 4.73. The lowest BCUT2D eigenvalue weighted by molar-refractivity contribution is -0.134. The van der Waals surface area contributed by atoms with Crippen LogP contribution in [0.3, 0.4) is 0 Å². The highest BCUT2D eigenvalue weighted by atomic mass is 32.2. The number of hydrogen-bond acceptors (Lipinski definition) is 6. The number of nitrogens with zero attached hydrogens (tertiary/aromatic N) is 1. The summed E-state index contributed by atoms with van der Waals surface area (Å²) in [4.78, 5) is 37.6. The number of carbonyl (C=O) groups is 3. The second kappa shape index (κ2) is 8.24. The third kappa shape index (κ3) is 4.58. The number of urea groups is 1. The van der Waals surface area contributed by atoms with Gasteiger partial charge in [-0.25, -0.2) is 18.0 Å². The van der Waals surface area contributed by atoms with Crippen molar-refractivity contribution >= 4 is 27.7 Å². The van der Waals surface area contributed by atoms with Crippen LogP contribution in [0.25, 0.3) is 0 Å². The monoisotopic (exact) mass is 424 g/mol. The number of sulfone groups is 1. The number of nitrogens with one attached hydrogen (secondary N) is 1. The molecule has 1 heterocycles. The van der Waals surface area contributed by atoms with Crippen LogP contribution in [0, 0.1) is 0 Å². The number of methoxy groups -OCH3 is 1. The molecule has 0 saturated carbocycles. The Kier molecular flexibility index (Phi) is 6.37. The van der Waals surface area contributed by atoms with Crippen molar-refractivity contribution in [1.82, 2.24) is 10.2 Å². The van der Waals surface area contributed by atoms with E-state index in [0.717, 1.165) is 4.90 Å². The molecule has 1 aromatic rings. The minimum atomic E-state index is -4.15. The van der Waals surface area contributed by atoms with Gasteiger partial charge in [-0.15, -0.1) is 0 Å². The molecule has 1 aliphatic rings. The second-order valence-electron chi connectivity index (χ2n) is 7.13. The van der Waals surface area contributed by atoms with E-state index in [2.05, 4.69) is 5.32 Å². The smallest absolute Gasteiger partial charge is 0.334 e. The van der Waals surface area contributed by atoms with Gasteiger partial charge in [-0.2, -0.15) is 0 Å². The van der Waals surface area contributed by atoms with E-state index in [1.165, 1.54) is 45.2 Å². The molecule has 0 aliphatic carbocycles. The predicted molar refractivity (Wildman–Crippen MR) is 104 cm³/mol. The van der Waals surface area contributed by atoms with E-state index in [0.29, 0.717) is 17.6 Å². The van der Waals surface area contributed by atoms with E-state index in [1.54, 1.807) is 6.92 Å². The number of benzene rings is 1. The molecule has 10 heteroatoms. The molecule has 1 saturated heterocycles. The lowest BCUT2D eigenvalue weighted by Crippen LogP contribution is -2.45.